The molecule has 1 saturated carbocycles. The highest BCUT2D eigenvalue weighted by Gasteiger charge is 2.29. The van der Waals surface area contributed by atoms with Crippen molar-refractivity contribution in [2.75, 3.05) is 11.9 Å². The first-order valence-corrected chi connectivity index (χ1v) is 8.76. The molecule has 3 aromatic rings. The molecular formula is C20H21N3O2. The van der Waals surface area contributed by atoms with Crippen molar-refractivity contribution in [3.63, 3.8) is 0 Å². The number of carbonyl (C=O) groups excluding carboxylic acids is 2. The smallest absolute Gasteiger partial charge is 0.243 e. The molecule has 1 aliphatic carbocycles. The van der Waals surface area contributed by atoms with E-state index >= 15 is 0 Å². The average Bonchev–Trinajstić information content (AvgIpc) is 3.40. The molecule has 0 radical (unpaired) electrons. The number of hydrogen-bond donors (Lipinski definition) is 3. The van der Waals surface area contributed by atoms with Crippen LogP contribution in [0.3, 0.4) is 0 Å². The third-order valence-corrected chi connectivity index (χ3v) is 4.76. The molecule has 25 heavy (non-hydrogen) atoms. The van der Waals surface area contributed by atoms with E-state index in [1.165, 1.54) is 10.9 Å². The van der Waals surface area contributed by atoms with Gasteiger partial charge in [0.15, 0.2) is 0 Å². The largest absolute Gasteiger partial charge is 0.354 e. The number of anilines is 1. The molecule has 0 atom stereocenters. The Morgan fingerprint density at radius 3 is 2.76 bits per heavy atom. The molecule has 1 aliphatic rings. The maximum absolute atomic E-state index is 12.0. The van der Waals surface area contributed by atoms with Crippen LogP contribution in [-0.2, 0) is 16.0 Å². The van der Waals surface area contributed by atoms with Crippen LogP contribution in [0.2, 0.25) is 0 Å². The predicted molar refractivity (Wildman–Crippen MR) is 99.5 cm³/mol. The van der Waals surface area contributed by atoms with Crippen LogP contribution in [0.1, 0.15) is 25.3 Å². The van der Waals surface area contributed by atoms with Gasteiger partial charge in [-0.25, -0.2) is 0 Å². The van der Waals surface area contributed by atoms with E-state index in [2.05, 4.69) is 40.7 Å². The van der Waals surface area contributed by atoms with Gasteiger partial charge in [-0.1, -0.05) is 31.2 Å². The number of amides is 2. The van der Waals surface area contributed by atoms with Crippen molar-refractivity contribution in [2.45, 2.75) is 26.2 Å². The van der Waals surface area contributed by atoms with Crippen molar-refractivity contribution in [3.05, 3.63) is 42.0 Å². The van der Waals surface area contributed by atoms with Gasteiger partial charge < -0.3 is 15.6 Å². The number of fused-ring (bicyclic) bond motifs is 3. The third kappa shape index (κ3) is 3.09. The Kier molecular flexibility index (Phi) is 3.92. The van der Waals surface area contributed by atoms with Gasteiger partial charge in [0, 0.05) is 33.4 Å². The lowest BCUT2D eigenvalue weighted by Crippen LogP contribution is -2.33. The quantitative estimate of drug-likeness (QED) is 0.669. The second kappa shape index (κ2) is 6.24. The van der Waals surface area contributed by atoms with Crippen LogP contribution in [0.5, 0.6) is 0 Å². The fraction of sp³-hybridized carbons (Fsp3) is 0.300. The topological polar surface area (TPSA) is 74.0 Å². The Morgan fingerprint density at radius 1 is 1.16 bits per heavy atom. The molecule has 2 amide bonds. The maximum atomic E-state index is 12.0. The van der Waals surface area contributed by atoms with E-state index < -0.39 is 0 Å². The fourth-order valence-electron chi connectivity index (χ4n) is 3.22. The van der Waals surface area contributed by atoms with Crippen LogP contribution < -0.4 is 10.6 Å². The highest BCUT2D eigenvalue weighted by Crippen LogP contribution is 2.30. The molecule has 0 aliphatic heterocycles. The summed E-state index contributed by atoms with van der Waals surface area (Å²) in [5, 5.41) is 7.87. The lowest BCUT2D eigenvalue weighted by molar-refractivity contribution is -0.125. The Balaban J connectivity index is 1.53. The minimum absolute atomic E-state index is 0.0139. The second-order valence-electron chi connectivity index (χ2n) is 6.62. The number of carbonyl (C=O) groups is 2. The van der Waals surface area contributed by atoms with Crippen LogP contribution in [0.25, 0.3) is 21.8 Å². The van der Waals surface area contributed by atoms with Crippen molar-refractivity contribution in [3.8, 4) is 0 Å². The summed E-state index contributed by atoms with van der Waals surface area (Å²) in [6.07, 6.45) is 2.84. The normalized spacial score (nSPS) is 14.0. The zero-order valence-corrected chi connectivity index (χ0v) is 14.2. The first kappa shape index (κ1) is 15.7. The fourth-order valence-corrected chi connectivity index (χ4v) is 3.22. The summed E-state index contributed by atoms with van der Waals surface area (Å²) in [6, 6.07) is 12.2. The van der Waals surface area contributed by atoms with Gasteiger partial charge in [-0.05, 0) is 37.0 Å². The Labute approximate surface area is 145 Å². The highest BCUT2D eigenvalue weighted by atomic mass is 16.2. The monoisotopic (exact) mass is 335 g/mol. The number of H-pyrrole nitrogens is 1. The molecule has 0 bridgehead atoms. The summed E-state index contributed by atoms with van der Waals surface area (Å²) < 4.78 is 0. The Hall–Kier alpha value is -2.82. The Morgan fingerprint density at radius 2 is 2.00 bits per heavy atom. The number of hydrogen-bond acceptors (Lipinski definition) is 2. The molecule has 0 saturated heterocycles. The lowest BCUT2D eigenvalue weighted by atomic mass is 10.1. The highest BCUT2D eigenvalue weighted by molar-refractivity contribution is 6.09. The van der Waals surface area contributed by atoms with Crippen molar-refractivity contribution in [2.24, 2.45) is 5.92 Å². The van der Waals surface area contributed by atoms with Crippen LogP contribution in [0, 0.1) is 5.92 Å². The molecule has 4 rings (SSSR count). The van der Waals surface area contributed by atoms with Gasteiger partial charge in [-0.2, -0.15) is 0 Å². The van der Waals surface area contributed by atoms with Gasteiger partial charge in [0.25, 0.3) is 0 Å². The van der Waals surface area contributed by atoms with Gasteiger partial charge in [0.05, 0.1) is 6.54 Å². The molecule has 5 nitrogen and oxygen atoms in total. The van der Waals surface area contributed by atoms with E-state index in [-0.39, 0.29) is 24.3 Å². The number of rotatable bonds is 5. The number of benzene rings is 2. The number of aromatic nitrogens is 1. The number of para-hydroxylation sites is 1. The molecule has 0 spiro atoms. The van der Waals surface area contributed by atoms with Gasteiger partial charge in [0.1, 0.15) is 0 Å². The van der Waals surface area contributed by atoms with Gasteiger partial charge in [-0.15, -0.1) is 0 Å². The van der Waals surface area contributed by atoms with E-state index in [0.717, 1.165) is 41.4 Å². The standard InChI is InChI=1S/C20H21N3O2/c1-2-12-4-3-5-16-15-9-8-14(10-17(15)23-19(12)16)22-18(24)11-21-20(25)13-6-7-13/h3-5,8-10,13,23H,2,6-7,11H2,1H3,(H,21,25)(H,22,24). The average molecular weight is 335 g/mol. The van der Waals surface area contributed by atoms with Crippen LogP contribution >= 0.6 is 0 Å². The molecule has 3 N–H and O–H groups in total. The summed E-state index contributed by atoms with van der Waals surface area (Å²) in [4.78, 5) is 27.1. The third-order valence-electron chi connectivity index (χ3n) is 4.76. The van der Waals surface area contributed by atoms with E-state index in [1.54, 1.807) is 0 Å². The predicted octanol–water partition coefficient (Wildman–Crippen LogP) is 3.35. The summed E-state index contributed by atoms with van der Waals surface area (Å²) in [6.45, 7) is 2.15. The van der Waals surface area contributed by atoms with Crippen LogP contribution in [0.15, 0.2) is 36.4 Å². The van der Waals surface area contributed by atoms with E-state index in [4.69, 9.17) is 0 Å². The first-order chi connectivity index (χ1) is 12.2. The summed E-state index contributed by atoms with van der Waals surface area (Å²) in [5.41, 5.74) is 4.15. The number of aryl methyl sites for hydroxylation is 1. The molecule has 0 unspecified atom stereocenters. The van der Waals surface area contributed by atoms with Crippen molar-refractivity contribution in [1.82, 2.24) is 10.3 Å². The van der Waals surface area contributed by atoms with Gasteiger partial charge >= 0.3 is 0 Å². The molecule has 1 aromatic heterocycles. The van der Waals surface area contributed by atoms with Crippen molar-refractivity contribution < 1.29 is 9.59 Å². The zero-order valence-electron chi connectivity index (χ0n) is 14.2. The Bertz CT molecular complexity index is 970. The van der Waals surface area contributed by atoms with Crippen molar-refractivity contribution in [1.29, 1.82) is 0 Å². The van der Waals surface area contributed by atoms with Crippen LogP contribution in [-0.4, -0.2) is 23.3 Å². The van der Waals surface area contributed by atoms with Crippen molar-refractivity contribution >= 4 is 39.3 Å². The minimum atomic E-state index is -0.210. The van der Waals surface area contributed by atoms with Crippen LogP contribution in [0.4, 0.5) is 5.69 Å². The molecular weight excluding hydrogens is 314 g/mol. The zero-order chi connectivity index (χ0) is 17.4. The summed E-state index contributed by atoms with van der Waals surface area (Å²) >= 11 is 0. The lowest BCUT2D eigenvalue weighted by Gasteiger charge is -2.06. The molecule has 128 valence electrons. The van der Waals surface area contributed by atoms with E-state index in [9.17, 15) is 9.59 Å². The maximum Gasteiger partial charge on any atom is 0.243 e. The molecule has 5 heteroatoms. The SMILES string of the molecule is CCc1cccc2c1[nH]c1cc(NC(=O)CNC(=O)C3CC3)ccc12. The molecule has 1 fully saturated rings. The van der Waals surface area contributed by atoms with Gasteiger partial charge in [0.2, 0.25) is 11.8 Å². The van der Waals surface area contributed by atoms with E-state index in [0.29, 0.717) is 0 Å². The molecule has 2 aromatic carbocycles. The second-order valence-corrected chi connectivity index (χ2v) is 6.62. The molecule has 1 heterocycles. The number of aromatic amines is 1. The van der Waals surface area contributed by atoms with E-state index in [1.807, 2.05) is 18.2 Å². The number of nitrogens with one attached hydrogen (secondary N) is 3. The summed E-state index contributed by atoms with van der Waals surface area (Å²) in [7, 11) is 0. The first-order valence-electron chi connectivity index (χ1n) is 8.76. The minimum Gasteiger partial charge on any atom is -0.354 e. The summed E-state index contributed by atoms with van der Waals surface area (Å²) in [5.74, 6) is -0.115. The van der Waals surface area contributed by atoms with Gasteiger partial charge in [-0.3, -0.25) is 9.59 Å².